The molecule has 4 N–H and O–H groups in total. The molecule has 0 fully saturated rings. The van der Waals surface area contributed by atoms with Crippen LogP contribution in [-0.4, -0.2) is 24.0 Å². The molecule has 0 saturated carbocycles. The van der Waals surface area contributed by atoms with Gasteiger partial charge in [0.2, 0.25) is 5.91 Å². The van der Waals surface area contributed by atoms with Gasteiger partial charge in [-0.05, 0) is 11.6 Å². The van der Waals surface area contributed by atoms with E-state index in [0.29, 0.717) is 24.5 Å². The third-order valence-electron chi connectivity index (χ3n) is 2.57. The van der Waals surface area contributed by atoms with Crippen LogP contribution in [0.25, 0.3) is 10.9 Å². The molecule has 90 valence electrons. The van der Waals surface area contributed by atoms with E-state index in [9.17, 15) is 4.79 Å². The van der Waals surface area contributed by atoms with Crippen LogP contribution in [0.2, 0.25) is 5.02 Å². The number of rotatable bonds is 4. The Hall–Kier alpha value is -1.52. The maximum Gasteiger partial charge on any atom is 0.224 e. The molecule has 5 heteroatoms. The molecule has 0 radical (unpaired) electrons. The van der Waals surface area contributed by atoms with Gasteiger partial charge in [0.05, 0.1) is 17.0 Å². The first-order valence-electron chi connectivity index (χ1n) is 5.43. The van der Waals surface area contributed by atoms with Gasteiger partial charge < -0.3 is 16.0 Å². The average Bonchev–Trinajstić information content (AvgIpc) is 2.71. The van der Waals surface area contributed by atoms with Gasteiger partial charge in [0.15, 0.2) is 0 Å². The van der Waals surface area contributed by atoms with E-state index in [1.54, 1.807) is 0 Å². The number of benzene rings is 1. The zero-order valence-electron chi connectivity index (χ0n) is 9.29. The minimum Gasteiger partial charge on any atom is -0.360 e. The molecule has 0 unspecified atom stereocenters. The Morgan fingerprint density at radius 3 is 3.06 bits per heavy atom. The van der Waals surface area contributed by atoms with E-state index in [1.807, 2.05) is 24.4 Å². The van der Waals surface area contributed by atoms with Crippen LogP contribution in [0, 0.1) is 0 Å². The van der Waals surface area contributed by atoms with Crippen molar-refractivity contribution in [2.75, 3.05) is 13.1 Å². The lowest BCUT2D eigenvalue weighted by molar-refractivity contribution is -0.120. The number of hydrogen-bond donors (Lipinski definition) is 3. The number of amides is 1. The number of fused-ring (bicyclic) bond motifs is 1. The summed E-state index contributed by atoms with van der Waals surface area (Å²) in [5, 5.41) is 4.39. The molecule has 0 spiro atoms. The highest BCUT2D eigenvalue weighted by Gasteiger charge is 2.09. The van der Waals surface area contributed by atoms with Crippen LogP contribution in [-0.2, 0) is 11.2 Å². The first-order chi connectivity index (χ1) is 8.22. The predicted molar refractivity (Wildman–Crippen MR) is 69.1 cm³/mol. The van der Waals surface area contributed by atoms with Crippen molar-refractivity contribution in [1.29, 1.82) is 0 Å². The van der Waals surface area contributed by atoms with Crippen molar-refractivity contribution >= 4 is 28.4 Å². The van der Waals surface area contributed by atoms with Gasteiger partial charge in [-0.25, -0.2) is 0 Å². The lowest BCUT2D eigenvalue weighted by Crippen LogP contribution is -2.30. The number of carbonyl (C=O) groups excluding carboxylic acids is 1. The zero-order chi connectivity index (χ0) is 12.3. The van der Waals surface area contributed by atoms with Crippen molar-refractivity contribution in [3.8, 4) is 0 Å². The fourth-order valence-corrected chi connectivity index (χ4v) is 2.00. The third kappa shape index (κ3) is 2.60. The van der Waals surface area contributed by atoms with Gasteiger partial charge in [-0.3, -0.25) is 4.79 Å². The largest absolute Gasteiger partial charge is 0.360 e. The van der Waals surface area contributed by atoms with E-state index in [-0.39, 0.29) is 5.91 Å². The maximum atomic E-state index is 11.6. The van der Waals surface area contributed by atoms with Crippen molar-refractivity contribution in [2.24, 2.45) is 5.73 Å². The predicted octanol–water partition coefficient (Wildman–Crippen LogP) is 1.44. The van der Waals surface area contributed by atoms with Crippen LogP contribution in [0.1, 0.15) is 5.56 Å². The zero-order valence-corrected chi connectivity index (χ0v) is 10.1. The van der Waals surface area contributed by atoms with E-state index in [4.69, 9.17) is 17.3 Å². The van der Waals surface area contributed by atoms with Crippen molar-refractivity contribution in [3.05, 3.63) is 35.0 Å². The molecule has 1 amide bonds. The topological polar surface area (TPSA) is 70.9 Å². The van der Waals surface area contributed by atoms with Gasteiger partial charge in [0, 0.05) is 24.7 Å². The Labute approximate surface area is 104 Å². The molecule has 2 rings (SSSR count). The van der Waals surface area contributed by atoms with Crippen LogP contribution < -0.4 is 11.1 Å². The quantitative estimate of drug-likeness (QED) is 0.770. The smallest absolute Gasteiger partial charge is 0.224 e. The summed E-state index contributed by atoms with van der Waals surface area (Å²) in [6.07, 6.45) is 2.15. The molecule has 2 aromatic rings. The van der Waals surface area contributed by atoms with E-state index in [2.05, 4.69) is 10.3 Å². The first kappa shape index (κ1) is 12.0. The molecule has 0 saturated heterocycles. The van der Waals surface area contributed by atoms with E-state index in [0.717, 1.165) is 16.5 Å². The van der Waals surface area contributed by atoms with Crippen molar-refractivity contribution < 1.29 is 4.79 Å². The summed E-state index contributed by atoms with van der Waals surface area (Å²) < 4.78 is 0. The van der Waals surface area contributed by atoms with Crippen molar-refractivity contribution in [2.45, 2.75) is 6.42 Å². The second-order valence-electron chi connectivity index (χ2n) is 3.79. The van der Waals surface area contributed by atoms with Crippen LogP contribution in [0.5, 0.6) is 0 Å². The fraction of sp³-hybridized carbons (Fsp3) is 0.250. The molecule has 1 aromatic carbocycles. The number of aromatic amines is 1. The second kappa shape index (κ2) is 5.21. The summed E-state index contributed by atoms with van der Waals surface area (Å²) in [5.41, 5.74) is 7.14. The molecule has 0 aliphatic carbocycles. The van der Waals surface area contributed by atoms with Crippen LogP contribution in [0.15, 0.2) is 24.4 Å². The summed E-state index contributed by atoms with van der Waals surface area (Å²) in [7, 11) is 0. The van der Waals surface area contributed by atoms with Crippen LogP contribution >= 0.6 is 11.6 Å². The van der Waals surface area contributed by atoms with Gasteiger partial charge in [0.25, 0.3) is 0 Å². The van der Waals surface area contributed by atoms with Gasteiger partial charge in [-0.15, -0.1) is 0 Å². The number of H-pyrrole nitrogens is 1. The summed E-state index contributed by atoms with van der Waals surface area (Å²) in [5.74, 6) is -0.0312. The van der Waals surface area contributed by atoms with E-state index < -0.39 is 0 Å². The second-order valence-corrected chi connectivity index (χ2v) is 4.20. The summed E-state index contributed by atoms with van der Waals surface area (Å²) in [6, 6.07) is 5.64. The summed E-state index contributed by atoms with van der Waals surface area (Å²) in [6.45, 7) is 0.952. The molecule has 0 aliphatic heterocycles. The van der Waals surface area contributed by atoms with Crippen molar-refractivity contribution in [3.63, 3.8) is 0 Å². The highest BCUT2D eigenvalue weighted by molar-refractivity contribution is 6.35. The monoisotopic (exact) mass is 251 g/mol. The summed E-state index contributed by atoms with van der Waals surface area (Å²) >= 11 is 6.04. The molecule has 1 aromatic heterocycles. The minimum atomic E-state index is -0.0312. The molecule has 17 heavy (non-hydrogen) atoms. The van der Waals surface area contributed by atoms with E-state index >= 15 is 0 Å². The molecule has 4 nitrogen and oxygen atoms in total. The molecule has 0 bridgehead atoms. The lowest BCUT2D eigenvalue weighted by Gasteiger charge is -2.02. The number of halogens is 1. The molecular formula is C12H14ClN3O. The maximum absolute atomic E-state index is 11.6. The average molecular weight is 252 g/mol. The van der Waals surface area contributed by atoms with E-state index in [1.165, 1.54) is 0 Å². The van der Waals surface area contributed by atoms with Gasteiger partial charge in [-0.2, -0.15) is 0 Å². The third-order valence-corrected chi connectivity index (χ3v) is 2.88. The molecular weight excluding hydrogens is 238 g/mol. The molecule has 0 atom stereocenters. The number of nitrogens with two attached hydrogens (primary N) is 1. The summed E-state index contributed by atoms with van der Waals surface area (Å²) in [4.78, 5) is 14.7. The highest BCUT2D eigenvalue weighted by atomic mass is 35.5. The van der Waals surface area contributed by atoms with Crippen molar-refractivity contribution in [1.82, 2.24) is 10.3 Å². The fourth-order valence-electron chi connectivity index (χ4n) is 1.77. The number of hydrogen-bond acceptors (Lipinski definition) is 2. The standard InChI is InChI=1S/C12H14ClN3O/c13-10-3-1-2-9-8(7-16-12(9)10)6-11(17)15-5-4-14/h1-3,7,16H,4-6,14H2,(H,15,17). The Bertz CT molecular complexity index is 536. The molecule has 1 heterocycles. The normalized spacial score (nSPS) is 10.7. The van der Waals surface area contributed by atoms with Crippen LogP contribution in [0.4, 0.5) is 0 Å². The Morgan fingerprint density at radius 2 is 2.29 bits per heavy atom. The van der Waals surface area contributed by atoms with Crippen LogP contribution in [0.3, 0.4) is 0 Å². The number of para-hydroxylation sites is 1. The first-order valence-corrected chi connectivity index (χ1v) is 5.81. The van der Waals surface area contributed by atoms with Gasteiger partial charge >= 0.3 is 0 Å². The SMILES string of the molecule is NCCNC(=O)Cc1c[nH]c2c(Cl)cccc12. The van der Waals surface area contributed by atoms with Gasteiger partial charge in [-0.1, -0.05) is 23.7 Å². The Kier molecular flexibility index (Phi) is 3.66. The number of carbonyl (C=O) groups is 1. The number of nitrogens with one attached hydrogen (secondary N) is 2. The highest BCUT2D eigenvalue weighted by Crippen LogP contribution is 2.25. The Balaban J connectivity index is 2.19. The molecule has 0 aliphatic rings. The minimum absolute atomic E-state index is 0.0312. The van der Waals surface area contributed by atoms with Gasteiger partial charge in [0.1, 0.15) is 0 Å². The number of aromatic nitrogens is 1. The lowest BCUT2D eigenvalue weighted by atomic mass is 10.1. The Morgan fingerprint density at radius 1 is 1.47 bits per heavy atom.